The minimum Gasteiger partial charge on any atom is -0.478 e. The van der Waals surface area contributed by atoms with Crippen LogP contribution in [0.2, 0.25) is 0 Å². The van der Waals surface area contributed by atoms with Crippen molar-refractivity contribution in [1.29, 1.82) is 0 Å². The SMILES string of the molecule is CC(C)[C@@H]1CC[C@]2(NCCN3CCN(S(=O)(=O)CS(C)(=O)=O)CC3)CC[C@]3(C)[C@H](CC[C@@H]4[C@@]5(C)CC=C(c6ccc(C(=O)O)cc6)C(C)(C)[C@@H]5CC[C@]43C)[C@@H]12. The number of nitrogens with zero attached hydrogens (tertiary/aromatic N) is 2. The number of sulfonamides is 1. The first-order valence-electron chi connectivity index (χ1n) is 21.3. The van der Waals surface area contributed by atoms with Gasteiger partial charge in [-0.05, 0) is 138 Å². The highest BCUT2D eigenvalue weighted by Gasteiger charge is 2.70. The Morgan fingerprint density at radius 1 is 0.855 bits per heavy atom. The lowest BCUT2D eigenvalue weighted by atomic mass is 9.33. The van der Waals surface area contributed by atoms with Gasteiger partial charge in [0, 0.05) is 51.1 Å². The fourth-order valence-electron chi connectivity index (χ4n) is 14.6. The molecule has 6 aliphatic rings. The van der Waals surface area contributed by atoms with Gasteiger partial charge in [-0.2, -0.15) is 4.31 Å². The van der Waals surface area contributed by atoms with Gasteiger partial charge in [-0.15, -0.1) is 0 Å². The standard InChI is InChI=1S/C44H69N3O6S2/c1-30(2)33-15-20-44(45-23-24-46-25-27-47(28-26-46)55(52,53)29-54(8,50)51)22-21-42(6)35(38(33)44)13-14-37-41(5)18-16-34(31-9-11-32(12-10-31)39(48)49)40(3,4)36(41)17-19-43(37,42)7/h9-12,16,30,33,35-38,45H,13-15,17-29H2,1-8H3,(H,48,49)/t33-,35+,36-,37+,38+,41-,42+,43+,44-/m0/s1. The number of benzene rings is 1. The first kappa shape index (κ1) is 41.4. The van der Waals surface area contributed by atoms with Crippen LogP contribution in [0, 0.1) is 57.2 Å². The molecule has 1 heterocycles. The van der Waals surface area contributed by atoms with Crippen molar-refractivity contribution in [3.63, 3.8) is 0 Å². The van der Waals surface area contributed by atoms with Crippen LogP contribution < -0.4 is 5.32 Å². The van der Waals surface area contributed by atoms with Gasteiger partial charge in [0.1, 0.15) is 0 Å². The smallest absolute Gasteiger partial charge is 0.335 e. The number of hydrogen-bond donors (Lipinski definition) is 2. The largest absolute Gasteiger partial charge is 0.478 e. The normalized spacial score (nSPS) is 39.4. The Labute approximate surface area is 332 Å². The van der Waals surface area contributed by atoms with E-state index >= 15 is 0 Å². The summed E-state index contributed by atoms with van der Waals surface area (Å²) in [6.07, 6.45) is 14.7. The molecule has 55 heavy (non-hydrogen) atoms. The summed E-state index contributed by atoms with van der Waals surface area (Å²) in [5, 5.41) is 12.9. The number of piperazine rings is 1. The second-order valence-electron chi connectivity index (χ2n) is 20.5. The quantitative estimate of drug-likeness (QED) is 0.251. The van der Waals surface area contributed by atoms with E-state index in [1.54, 1.807) is 12.1 Å². The van der Waals surface area contributed by atoms with Gasteiger partial charge in [0.25, 0.3) is 0 Å². The minimum absolute atomic E-state index is 0.00624. The zero-order valence-electron chi connectivity index (χ0n) is 34.9. The van der Waals surface area contributed by atoms with Crippen molar-refractivity contribution in [3.8, 4) is 0 Å². The summed E-state index contributed by atoms with van der Waals surface area (Å²) in [6.45, 7) is 21.6. The maximum Gasteiger partial charge on any atom is 0.335 e. The van der Waals surface area contributed by atoms with E-state index in [0.717, 1.165) is 31.3 Å². The molecule has 308 valence electrons. The van der Waals surface area contributed by atoms with Crippen LogP contribution in [-0.2, 0) is 19.9 Å². The van der Waals surface area contributed by atoms with E-state index in [4.69, 9.17) is 0 Å². The van der Waals surface area contributed by atoms with Crippen LogP contribution in [0.15, 0.2) is 30.3 Å². The molecule has 0 amide bonds. The molecule has 0 unspecified atom stereocenters. The first-order chi connectivity index (χ1) is 25.6. The molecule has 0 spiro atoms. The zero-order chi connectivity index (χ0) is 40.0. The van der Waals surface area contributed by atoms with Crippen LogP contribution in [0.4, 0.5) is 0 Å². The Balaban J connectivity index is 1.08. The fraction of sp³-hybridized carbons (Fsp3) is 0.795. The molecule has 0 bridgehead atoms. The van der Waals surface area contributed by atoms with Crippen molar-refractivity contribution in [2.45, 2.75) is 112 Å². The van der Waals surface area contributed by atoms with Crippen molar-refractivity contribution in [3.05, 3.63) is 41.5 Å². The maximum absolute atomic E-state index is 12.7. The summed E-state index contributed by atoms with van der Waals surface area (Å²) in [6, 6.07) is 7.56. The van der Waals surface area contributed by atoms with Gasteiger partial charge in [0.2, 0.25) is 10.0 Å². The maximum atomic E-state index is 12.7. The van der Waals surface area contributed by atoms with E-state index in [2.05, 4.69) is 64.8 Å². The van der Waals surface area contributed by atoms with Gasteiger partial charge < -0.3 is 10.4 Å². The van der Waals surface area contributed by atoms with Crippen LogP contribution in [0.3, 0.4) is 0 Å². The molecule has 9 atom stereocenters. The molecule has 1 aliphatic heterocycles. The Hall–Kier alpha value is -1.79. The van der Waals surface area contributed by atoms with E-state index < -0.39 is 30.9 Å². The van der Waals surface area contributed by atoms with Gasteiger partial charge >= 0.3 is 5.97 Å². The molecule has 5 fully saturated rings. The van der Waals surface area contributed by atoms with Gasteiger partial charge in [0.15, 0.2) is 14.9 Å². The molecular formula is C44H69N3O6S2. The third kappa shape index (κ3) is 6.89. The van der Waals surface area contributed by atoms with Crippen molar-refractivity contribution in [2.24, 2.45) is 57.2 Å². The molecule has 1 aromatic rings. The van der Waals surface area contributed by atoms with Crippen molar-refractivity contribution in [1.82, 2.24) is 14.5 Å². The van der Waals surface area contributed by atoms with Crippen molar-refractivity contribution >= 4 is 31.4 Å². The highest BCUT2D eigenvalue weighted by molar-refractivity contribution is 8.06. The van der Waals surface area contributed by atoms with Crippen molar-refractivity contribution < 1.29 is 26.7 Å². The van der Waals surface area contributed by atoms with E-state index in [1.807, 2.05) is 12.1 Å². The molecule has 5 aliphatic carbocycles. The lowest BCUT2D eigenvalue weighted by molar-refractivity contribution is -0.221. The number of hydrogen-bond acceptors (Lipinski definition) is 7. The van der Waals surface area contributed by atoms with Crippen molar-refractivity contribution in [2.75, 3.05) is 50.6 Å². The number of nitrogens with one attached hydrogen (secondary N) is 1. The average Bonchev–Trinajstić information content (AvgIpc) is 3.48. The number of fused-ring (bicyclic) bond motifs is 7. The minimum atomic E-state index is -3.81. The molecule has 0 radical (unpaired) electrons. The zero-order valence-corrected chi connectivity index (χ0v) is 36.5. The van der Waals surface area contributed by atoms with E-state index in [-0.39, 0.29) is 27.2 Å². The molecule has 7 rings (SSSR count). The summed E-state index contributed by atoms with van der Waals surface area (Å²) in [7, 11) is -7.42. The summed E-state index contributed by atoms with van der Waals surface area (Å²) in [5.74, 6) is 3.03. The second kappa shape index (κ2) is 14.2. The summed E-state index contributed by atoms with van der Waals surface area (Å²) >= 11 is 0. The predicted octanol–water partition coefficient (Wildman–Crippen LogP) is 7.41. The number of aromatic carboxylic acids is 1. The third-order valence-electron chi connectivity index (χ3n) is 17.4. The monoisotopic (exact) mass is 799 g/mol. The van der Waals surface area contributed by atoms with E-state index in [0.29, 0.717) is 67.2 Å². The first-order valence-corrected chi connectivity index (χ1v) is 24.9. The molecule has 2 N–H and O–H groups in total. The van der Waals surface area contributed by atoms with Crippen LogP contribution >= 0.6 is 0 Å². The topological polar surface area (TPSA) is 124 Å². The second-order valence-corrected chi connectivity index (χ2v) is 25.0. The summed E-state index contributed by atoms with van der Waals surface area (Å²) in [4.78, 5) is 13.9. The van der Waals surface area contributed by atoms with Gasteiger partial charge in [-0.1, -0.05) is 66.7 Å². The van der Waals surface area contributed by atoms with Gasteiger partial charge in [-0.25, -0.2) is 21.6 Å². The van der Waals surface area contributed by atoms with Crippen LogP contribution in [0.25, 0.3) is 5.57 Å². The molecule has 9 nitrogen and oxygen atoms in total. The molecule has 1 saturated heterocycles. The van der Waals surface area contributed by atoms with Crippen LogP contribution in [0.5, 0.6) is 0 Å². The summed E-state index contributed by atoms with van der Waals surface area (Å²) in [5.41, 5.74) is 3.77. The highest BCUT2D eigenvalue weighted by Crippen LogP contribution is 2.76. The van der Waals surface area contributed by atoms with E-state index in [9.17, 15) is 26.7 Å². The number of allylic oxidation sites excluding steroid dienone is 2. The lowest BCUT2D eigenvalue weighted by Crippen LogP contribution is -2.68. The van der Waals surface area contributed by atoms with Crippen LogP contribution in [-0.4, -0.2) is 93.3 Å². The van der Waals surface area contributed by atoms with Gasteiger partial charge in [0.05, 0.1) is 5.56 Å². The Bertz CT molecular complexity index is 1890. The third-order valence-corrected chi connectivity index (χ3v) is 21.4. The molecular weight excluding hydrogens is 731 g/mol. The number of carboxylic acids is 1. The Morgan fingerprint density at radius 2 is 1.53 bits per heavy atom. The molecule has 11 heteroatoms. The van der Waals surface area contributed by atoms with E-state index in [1.165, 1.54) is 61.2 Å². The average molecular weight is 800 g/mol. The predicted molar refractivity (Wildman–Crippen MR) is 221 cm³/mol. The van der Waals surface area contributed by atoms with Crippen LogP contribution in [0.1, 0.15) is 122 Å². The Morgan fingerprint density at radius 3 is 2.15 bits per heavy atom. The molecule has 0 aromatic heterocycles. The lowest BCUT2D eigenvalue weighted by Gasteiger charge is -2.72. The number of rotatable bonds is 10. The molecule has 1 aromatic carbocycles. The van der Waals surface area contributed by atoms with Gasteiger partial charge in [-0.3, -0.25) is 4.90 Å². The Kier molecular flexibility index (Phi) is 10.7. The number of carboxylic acid groups (broad SMARTS) is 1. The molecule has 4 saturated carbocycles. The summed E-state index contributed by atoms with van der Waals surface area (Å²) < 4.78 is 50.2. The fourth-order valence-corrected chi connectivity index (χ4v) is 18.1. The number of sulfone groups is 1. The number of carbonyl (C=O) groups is 1. The highest BCUT2D eigenvalue weighted by atomic mass is 32.3.